The normalized spacial score (nSPS) is 10.8. The van der Waals surface area contributed by atoms with Crippen LogP contribution in [0.15, 0.2) is 57.0 Å². The zero-order valence-electron chi connectivity index (χ0n) is 16.5. The smallest absolute Gasteiger partial charge is 0.417 e. The predicted molar refractivity (Wildman–Crippen MR) is 119 cm³/mol. The number of nitrogens with zero attached hydrogens (tertiary/aromatic N) is 4. The number of carbonyl (C=O) groups excluding carboxylic acids is 2. The summed E-state index contributed by atoms with van der Waals surface area (Å²) in [6, 6.07) is 11.1. The second-order valence-corrected chi connectivity index (χ2v) is 8.35. The summed E-state index contributed by atoms with van der Waals surface area (Å²) in [5.74, 6) is 0.549. The van der Waals surface area contributed by atoms with Crippen molar-refractivity contribution in [1.82, 2.24) is 10.2 Å². The minimum Gasteiger partial charge on any atom is -0.506 e. The van der Waals surface area contributed by atoms with Crippen molar-refractivity contribution in [3.8, 4) is 11.5 Å². The fourth-order valence-corrected chi connectivity index (χ4v) is 3.86. The Morgan fingerprint density at radius 1 is 1.13 bits per heavy atom. The number of ether oxygens (including phenoxy) is 1. The third-order valence-electron chi connectivity index (χ3n) is 3.52. The van der Waals surface area contributed by atoms with Gasteiger partial charge in [0, 0.05) is 13.0 Å². The molecule has 0 saturated heterocycles. The van der Waals surface area contributed by atoms with Crippen molar-refractivity contribution in [1.29, 1.82) is 0 Å². The van der Waals surface area contributed by atoms with Crippen molar-refractivity contribution in [2.45, 2.75) is 18.2 Å². The molecule has 31 heavy (non-hydrogen) atoms. The molecule has 160 valence electrons. The second-order valence-electron chi connectivity index (χ2n) is 5.88. The maximum absolute atomic E-state index is 12.3. The van der Waals surface area contributed by atoms with Crippen molar-refractivity contribution < 1.29 is 19.4 Å². The number of hydrogen-bond donors (Lipinski definition) is 3. The molecular weight excluding hydrogens is 440 g/mol. The average Bonchev–Trinajstić information content (AvgIpc) is 3.17. The molecule has 12 heteroatoms. The monoisotopic (exact) mass is 458 g/mol. The number of nitrogens with one attached hydrogen (secondary N) is 2. The molecule has 2 amide bonds. The van der Waals surface area contributed by atoms with Crippen LogP contribution in [-0.4, -0.2) is 33.1 Å². The van der Waals surface area contributed by atoms with Gasteiger partial charge in [-0.25, -0.2) is 4.79 Å². The highest BCUT2D eigenvalue weighted by molar-refractivity contribution is 8.01. The number of thioether (sulfide) groups is 1. The zero-order valence-corrected chi connectivity index (χ0v) is 18.2. The highest BCUT2D eigenvalue weighted by atomic mass is 32.2. The number of carbonyl (C=O) groups is 2. The lowest BCUT2D eigenvalue weighted by molar-refractivity contribution is -0.114. The molecule has 0 spiro atoms. The van der Waals surface area contributed by atoms with E-state index in [1.165, 1.54) is 42.2 Å². The Labute approximate surface area is 185 Å². The lowest BCUT2D eigenvalue weighted by atomic mass is 10.2. The van der Waals surface area contributed by atoms with Crippen LogP contribution in [0.25, 0.3) is 0 Å². The summed E-state index contributed by atoms with van der Waals surface area (Å²) in [7, 11) is 0. The van der Waals surface area contributed by atoms with E-state index in [0.717, 1.165) is 10.1 Å². The van der Waals surface area contributed by atoms with Crippen LogP contribution in [0.4, 0.5) is 27.0 Å². The summed E-state index contributed by atoms with van der Waals surface area (Å²) in [6.07, 6.45) is -0.785. The summed E-state index contributed by atoms with van der Waals surface area (Å²) < 4.78 is 5.96. The number of aromatic hydroxyl groups is 1. The van der Waals surface area contributed by atoms with E-state index >= 15 is 0 Å². The molecule has 1 heterocycles. The molecule has 0 saturated carbocycles. The first-order valence-corrected chi connectivity index (χ1v) is 10.8. The molecule has 2 aromatic carbocycles. The van der Waals surface area contributed by atoms with Gasteiger partial charge in [-0.1, -0.05) is 48.2 Å². The van der Waals surface area contributed by atoms with Gasteiger partial charge in [-0.15, -0.1) is 20.4 Å². The number of aromatic nitrogens is 2. The molecule has 0 bridgehead atoms. The molecule has 0 radical (unpaired) electrons. The van der Waals surface area contributed by atoms with Gasteiger partial charge in [0.2, 0.25) is 5.91 Å². The minimum absolute atomic E-state index is 0.114. The van der Waals surface area contributed by atoms with Crippen LogP contribution in [0, 0.1) is 0 Å². The lowest BCUT2D eigenvalue weighted by Gasteiger charge is -2.12. The van der Waals surface area contributed by atoms with Crippen LogP contribution >= 0.6 is 23.1 Å². The summed E-state index contributed by atoms with van der Waals surface area (Å²) >= 11 is 2.80. The van der Waals surface area contributed by atoms with Crippen LogP contribution in [0.5, 0.6) is 11.5 Å². The zero-order chi connectivity index (χ0) is 22.2. The highest BCUT2D eigenvalue weighted by Gasteiger charge is 2.14. The van der Waals surface area contributed by atoms with Gasteiger partial charge in [-0.05, 0) is 24.0 Å². The molecule has 0 unspecified atom stereocenters. The van der Waals surface area contributed by atoms with Crippen molar-refractivity contribution >= 4 is 57.3 Å². The van der Waals surface area contributed by atoms with Crippen LogP contribution in [0.1, 0.15) is 13.8 Å². The summed E-state index contributed by atoms with van der Waals surface area (Å²) in [6.45, 7) is 3.30. The van der Waals surface area contributed by atoms with Crippen LogP contribution in [0.2, 0.25) is 0 Å². The molecule has 3 aromatic rings. The minimum atomic E-state index is -0.785. The Balaban J connectivity index is 1.87. The van der Waals surface area contributed by atoms with E-state index in [0.29, 0.717) is 10.9 Å². The number of amides is 2. The third-order valence-corrected chi connectivity index (χ3v) is 5.35. The van der Waals surface area contributed by atoms with E-state index < -0.39 is 6.09 Å². The van der Waals surface area contributed by atoms with Gasteiger partial charge in [0.15, 0.2) is 4.34 Å². The van der Waals surface area contributed by atoms with Crippen molar-refractivity contribution in [2.24, 2.45) is 10.2 Å². The maximum atomic E-state index is 12.3. The Kier molecular flexibility index (Phi) is 7.51. The Hall–Kier alpha value is -3.51. The van der Waals surface area contributed by atoms with Gasteiger partial charge in [-0.2, -0.15) is 0 Å². The Morgan fingerprint density at radius 2 is 1.90 bits per heavy atom. The molecule has 3 rings (SSSR count). The molecule has 0 aliphatic rings. The van der Waals surface area contributed by atoms with E-state index in [9.17, 15) is 14.7 Å². The molecule has 0 atom stereocenters. The molecule has 0 aliphatic heterocycles. The standard InChI is InChI=1S/C19H18N6O4S2/c1-3-30-19-25-24-17(31-19)23-22-14-9-15(20-11(2)26)16(27)10-13(14)21-18(28)29-12-7-5-4-6-8-12/h4-10,27H,3H2,1-2H3,(H,20,26)(H,21,28). The van der Waals surface area contributed by atoms with Crippen LogP contribution in [0.3, 0.4) is 0 Å². The molecule has 0 aliphatic carbocycles. The first kappa shape index (κ1) is 22.2. The number of phenols is 1. The Morgan fingerprint density at radius 3 is 2.61 bits per heavy atom. The first-order valence-electron chi connectivity index (χ1n) is 9.01. The van der Waals surface area contributed by atoms with E-state index in [4.69, 9.17) is 4.74 Å². The molecule has 10 nitrogen and oxygen atoms in total. The summed E-state index contributed by atoms with van der Waals surface area (Å²) in [5.41, 5.74) is 0.415. The SMILES string of the molecule is CCSc1nnc(N=Nc2cc(NC(C)=O)c(O)cc2NC(=O)Oc2ccccc2)s1. The van der Waals surface area contributed by atoms with Crippen LogP contribution < -0.4 is 15.4 Å². The fraction of sp³-hybridized carbons (Fsp3) is 0.158. The quantitative estimate of drug-likeness (QED) is 0.247. The number of rotatable bonds is 7. The molecular formula is C19H18N6O4S2. The summed E-state index contributed by atoms with van der Waals surface area (Å²) in [5, 5.41) is 31.6. The van der Waals surface area contributed by atoms with E-state index in [1.54, 1.807) is 30.3 Å². The van der Waals surface area contributed by atoms with E-state index in [2.05, 4.69) is 31.1 Å². The first-order chi connectivity index (χ1) is 14.9. The van der Waals surface area contributed by atoms with E-state index in [-0.39, 0.29) is 28.7 Å². The fourth-order valence-electron chi connectivity index (χ4n) is 2.30. The number of anilines is 2. The van der Waals surface area contributed by atoms with Gasteiger partial charge in [0.25, 0.3) is 5.13 Å². The van der Waals surface area contributed by atoms with Crippen molar-refractivity contribution in [2.75, 3.05) is 16.4 Å². The van der Waals surface area contributed by atoms with Gasteiger partial charge in [0.1, 0.15) is 17.2 Å². The summed E-state index contributed by atoms with van der Waals surface area (Å²) in [4.78, 5) is 23.7. The van der Waals surface area contributed by atoms with Gasteiger partial charge in [0.05, 0.1) is 11.4 Å². The van der Waals surface area contributed by atoms with E-state index in [1.807, 2.05) is 6.92 Å². The number of hydrogen-bond acceptors (Lipinski definition) is 10. The number of para-hydroxylation sites is 1. The highest BCUT2D eigenvalue weighted by Crippen LogP contribution is 2.37. The lowest BCUT2D eigenvalue weighted by Crippen LogP contribution is -2.17. The largest absolute Gasteiger partial charge is 0.506 e. The maximum Gasteiger partial charge on any atom is 0.417 e. The molecule has 3 N–H and O–H groups in total. The molecule has 1 aromatic heterocycles. The van der Waals surface area contributed by atoms with Gasteiger partial charge in [-0.3, -0.25) is 10.1 Å². The number of benzene rings is 2. The number of azo groups is 1. The number of phenolic OH excluding ortho intramolecular Hbond substituents is 1. The van der Waals surface area contributed by atoms with Crippen molar-refractivity contribution in [3.05, 3.63) is 42.5 Å². The molecule has 0 fully saturated rings. The van der Waals surface area contributed by atoms with Gasteiger partial charge < -0.3 is 15.2 Å². The predicted octanol–water partition coefficient (Wildman–Crippen LogP) is 5.34. The topological polar surface area (TPSA) is 138 Å². The van der Waals surface area contributed by atoms with Crippen molar-refractivity contribution in [3.63, 3.8) is 0 Å². The average molecular weight is 459 g/mol. The second kappa shape index (κ2) is 10.5. The third kappa shape index (κ3) is 6.49. The Bertz CT molecular complexity index is 1100. The van der Waals surface area contributed by atoms with Gasteiger partial charge >= 0.3 is 6.09 Å². The van der Waals surface area contributed by atoms with Crippen LogP contribution in [-0.2, 0) is 4.79 Å².